The Morgan fingerprint density at radius 1 is 0.850 bits per heavy atom. The maximum Gasteiger partial charge on any atom is 0.322 e. The second-order valence-electron chi connectivity index (χ2n) is 10.8. The molecule has 40 heavy (non-hydrogen) atoms. The summed E-state index contributed by atoms with van der Waals surface area (Å²) in [4.78, 5) is 38.1. The summed E-state index contributed by atoms with van der Waals surface area (Å²) in [6, 6.07) is 9.34. The van der Waals surface area contributed by atoms with E-state index >= 15 is 0 Å². The predicted molar refractivity (Wildman–Crippen MR) is 151 cm³/mol. The maximum absolute atomic E-state index is 13.8. The van der Waals surface area contributed by atoms with Gasteiger partial charge in [-0.1, -0.05) is 51.7 Å². The molecule has 9 heteroatoms. The molecule has 7 nitrogen and oxygen atoms in total. The minimum absolute atomic E-state index is 0. The number of carbonyl (C=O) groups excluding carboxylic acids is 2. The van der Waals surface area contributed by atoms with Crippen LogP contribution in [-0.4, -0.2) is 40.5 Å². The van der Waals surface area contributed by atoms with Crippen molar-refractivity contribution >= 4 is 23.6 Å². The lowest BCUT2D eigenvalue weighted by atomic mass is 9.72. The van der Waals surface area contributed by atoms with Crippen LogP contribution in [0, 0.1) is 23.5 Å². The first kappa shape index (κ1) is 31.0. The Bertz CT molecular complexity index is 1120. The van der Waals surface area contributed by atoms with Crippen LogP contribution >= 0.6 is 0 Å². The van der Waals surface area contributed by atoms with Gasteiger partial charge in [0.1, 0.15) is 11.6 Å². The van der Waals surface area contributed by atoms with E-state index in [0.717, 1.165) is 55.4 Å². The van der Waals surface area contributed by atoms with Crippen molar-refractivity contribution in [3.8, 4) is 0 Å². The molecule has 0 aromatic heterocycles. The first-order chi connectivity index (χ1) is 18.8. The van der Waals surface area contributed by atoms with E-state index in [2.05, 4.69) is 10.6 Å². The van der Waals surface area contributed by atoms with Gasteiger partial charge in [0.25, 0.3) is 5.91 Å². The number of amides is 3. The Morgan fingerprint density at radius 3 is 2.05 bits per heavy atom. The number of benzene rings is 2. The molecule has 2 aromatic rings. The molecule has 0 spiro atoms. The van der Waals surface area contributed by atoms with Crippen LogP contribution in [0.1, 0.15) is 87.6 Å². The van der Waals surface area contributed by atoms with E-state index in [4.69, 9.17) is 5.11 Å². The van der Waals surface area contributed by atoms with E-state index in [0.29, 0.717) is 11.5 Å². The number of hydrogen-bond donors (Lipinski definition) is 3. The Labute approximate surface area is 235 Å². The number of nitrogens with one attached hydrogen (secondary N) is 2. The number of nitrogens with zero attached hydrogens (tertiary/aromatic N) is 1. The van der Waals surface area contributed by atoms with Gasteiger partial charge in [-0.2, -0.15) is 0 Å². The van der Waals surface area contributed by atoms with Gasteiger partial charge in [-0.05, 0) is 67.3 Å². The Hall–Kier alpha value is -3.49. The molecule has 2 fully saturated rings. The lowest BCUT2D eigenvalue weighted by Crippen LogP contribution is -2.44. The molecule has 3 N–H and O–H groups in total. The molecular formula is C31H41F2N3O4. The van der Waals surface area contributed by atoms with Crippen molar-refractivity contribution in [1.29, 1.82) is 0 Å². The van der Waals surface area contributed by atoms with Gasteiger partial charge in [-0.15, -0.1) is 0 Å². The van der Waals surface area contributed by atoms with E-state index in [1.165, 1.54) is 32.1 Å². The highest BCUT2D eigenvalue weighted by Crippen LogP contribution is 2.39. The summed E-state index contributed by atoms with van der Waals surface area (Å²) in [5, 5.41) is 14.0. The average Bonchev–Trinajstić information content (AvgIpc) is 2.92. The van der Waals surface area contributed by atoms with Gasteiger partial charge in [0.15, 0.2) is 0 Å². The van der Waals surface area contributed by atoms with E-state index < -0.39 is 23.6 Å². The third-order valence-corrected chi connectivity index (χ3v) is 8.07. The maximum atomic E-state index is 13.8. The number of urea groups is 1. The molecule has 0 heterocycles. The average molecular weight is 558 g/mol. The van der Waals surface area contributed by atoms with Gasteiger partial charge in [0, 0.05) is 36.4 Å². The summed E-state index contributed by atoms with van der Waals surface area (Å²) in [7, 11) is 0. The van der Waals surface area contributed by atoms with Gasteiger partial charge in [0.05, 0.1) is 6.42 Å². The van der Waals surface area contributed by atoms with E-state index in [1.807, 2.05) is 0 Å². The van der Waals surface area contributed by atoms with Crippen LogP contribution in [0.25, 0.3) is 0 Å². The number of rotatable bonds is 9. The molecule has 3 amide bonds. The zero-order valence-corrected chi connectivity index (χ0v) is 22.1. The summed E-state index contributed by atoms with van der Waals surface area (Å²) in [6.45, 7) is 0.317. The molecule has 2 aliphatic carbocycles. The molecule has 0 saturated heterocycles. The molecular weight excluding hydrogens is 516 g/mol. The van der Waals surface area contributed by atoms with Gasteiger partial charge in [0.2, 0.25) is 0 Å². The molecule has 2 aliphatic rings. The summed E-state index contributed by atoms with van der Waals surface area (Å²) >= 11 is 0. The van der Waals surface area contributed by atoms with Crippen LogP contribution < -0.4 is 10.6 Å². The topological polar surface area (TPSA) is 98.7 Å². The number of halogens is 2. The van der Waals surface area contributed by atoms with Crippen LogP contribution in [0.15, 0.2) is 42.5 Å². The van der Waals surface area contributed by atoms with Crippen molar-refractivity contribution < 1.29 is 28.3 Å². The van der Waals surface area contributed by atoms with E-state index in [-0.39, 0.29) is 44.6 Å². The summed E-state index contributed by atoms with van der Waals surface area (Å²) in [5.74, 6) is -1.43. The monoisotopic (exact) mass is 557 g/mol. The summed E-state index contributed by atoms with van der Waals surface area (Å²) in [5.41, 5.74) is 1.27. The Morgan fingerprint density at radius 2 is 1.45 bits per heavy atom. The van der Waals surface area contributed by atoms with Crippen LogP contribution in [0.5, 0.6) is 0 Å². The number of carboxylic acid groups (broad SMARTS) is 1. The molecule has 0 radical (unpaired) electrons. The number of anilines is 1. The zero-order valence-electron chi connectivity index (χ0n) is 22.1. The highest BCUT2D eigenvalue weighted by molar-refractivity contribution is 5.94. The van der Waals surface area contributed by atoms with Crippen molar-refractivity contribution in [2.45, 2.75) is 84.2 Å². The minimum atomic E-state index is -0.988. The minimum Gasteiger partial charge on any atom is -0.481 e. The molecule has 0 aliphatic heterocycles. The second-order valence-corrected chi connectivity index (χ2v) is 10.8. The third-order valence-electron chi connectivity index (χ3n) is 8.07. The van der Waals surface area contributed by atoms with Crippen molar-refractivity contribution in [1.82, 2.24) is 10.2 Å². The fraction of sp³-hybridized carbons (Fsp3) is 0.516. The smallest absolute Gasteiger partial charge is 0.322 e. The summed E-state index contributed by atoms with van der Waals surface area (Å²) in [6.07, 6.45) is 10.2. The number of aliphatic carboxylic acids is 1. The molecule has 218 valence electrons. The van der Waals surface area contributed by atoms with Crippen LogP contribution in [0.2, 0.25) is 0 Å². The molecule has 2 aromatic carbocycles. The first-order valence-corrected chi connectivity index (χ1v) is 13.9. The molecule has 2 saturated carbocycles. The van der Waals surface area contributed by atoms with Crippen molar-refractivity contribution in [2.24, 2.45) is 11.8 Å². The van der Waals surface area contributed by atoms with Gasteiger partial charge >= 0.3 is 12.0 Å². The lowest BCUT2D eigenvalue weighted by molar-refractivity contribution is -0.136. The van der Waals surface area contributed by atoms with Gasteiger partial charge in [-0.25, -0.2) is 13.6 Å². The van der Waals surface area contributed by atoms with Crippen molar-refractivity contribution in [2.75, 3.05) is 11.9 Å². The van der Waals surface area contributed by atoms with Crippen LogP contribution in [0.3, 0.4) is 0 Å². The largest absolute Gasteiger partial charge is 0.481 e. The third kappa shape index (κ3) is 8.76. The van der Waals surface area contributed by atoms with Gasteiger partial charge < -0.3 is 20.6 Å². The lowest BCUT2D eigenvalue weighted by Gasteiger charge is -2.40. The van der Waals surface area contributed by atoms with Crippen LogP contribution in [-0.2, 0) is 11.3 Å². The Kier molecular flexibility index (Phi) is 11.5. The zero-order chi connectivity index (χ0) is 27.8. The Balaban J connectivity index is 0.00000441. The van der Waals surface area contributed by atoms with Gasteiger partial charge in [-0.3, -0.25) is 9.59 Å². The summed E-state index contributed by atoms with van der Waals surface area (Å²) < 4.78 is 27.5. The van der Waals surface area contributed by atoms with Crippen LogP contribution in [0.4, 0.5) is 19.3 Å². The fourth-order valence-electron chi connectivity index (χ4n) is 6.02. The SMILES string of the molecule is C.O=C(O)CCNC(=O)c1ccc(CN(C(=O)Nc2cc(F)cc(F)c2)C2CCC(C3CCCCC3)CC2)cc1. The first-order valence-electron chi connectivity index (χ1n) is 13.9. The highest BCUT2D eigenvalue weighted by Gasteiger charge is 2.33. The number of carboxylic acids is 1. The normalized spacial score (nSPS) is 19.2. The number of hydrogen-bond acceptors (Lipinski definition) is 3. The van der Waals surface area contributed by atoms with Crippen molar-refractivity contribution in [3.05, 3.63) is 65.2 Å². The highest BCUT2D eigenvalue weighted by atomic mass is 19.1. The number of carbonyl (C=O) groups is 3. The molecule has 0 atom stereocenters. The quantitative estimate of drug-likeness (QED) is 0.310. The van der Waals surface area contributed by atoms with E-state index in [9.17, 15) is 23.2 Å². The second kappa shape index (κ2) is 14.8. The fourth-order valence-corrected chi connectivity index (χ4v) is 6.02. The predicted octanol–water partition coefficient (Wildman–Crippen LogP) is 6.98. The van der Waals surface area contributed by atoms with Crippen molar-refractivity contribution in [3.63, 3.8) is 0 Å². The molecule has 0 unspecified atom stereocenters. The standard InChI is InChI=1S/C30H37F2N3O4.CH4/c31-24-16-25(32)18-26(17-24)34-30(39)35(27-12-10-22(11-13-27)21-4-2-1-3-5-21)19-20-6-8-23(9-7-20)29(38)33-15-14-28(36)37;/h6-9,16-18,21-22,27H,1-5,10-15,19H2,(H,33,38)(H,34,39)(H,36,37);1H4. The molecule has 4 rings (SSSR count). The van der Waals surface area contributed by atoms with E-state index in [1.54, 1.807) is 29.2 Å². The molecule has 0 bridgehead atoms.